The summed E-state index contributed by atoms with van der Waals surface area (Å²) in [6.45, 7) is 2.76. The minimum Gasteiger partial charge on any atom is -0.508 e. The predicted molar refractivity (Wildman–Crippen MR) is 82.5 cm³/mol. The second kappa shape index (κ2) is 5.00. The van der Waals surface area contributed by atoms with Crippen LogP contribution in [-0.2, 0) is 6.54 Å². The number of benzene rings is 2. The average molecular weight is 307 g/mol. The van der Waals surface area contributed by atoms with Gasteiger partial charge in [-0.15, -0.1) is 0 Å². The van der Waals surface area contributed by atoms with Crippen LogP contribution in [0.2, 0.25) is 10.0 Å². The van der Waals surface area contributed by atoms with Gasteiger partial charge in [0.1, 0.15) is 11.6 Å². The van der Waals surface area contributed by atoms with Crippen molar-refractivity contribution < 1.29 is 5.11 Å². The minimum absolute atomic E-state index is 0.164. The summed E-state index contributed by atoms with van der Waals surface area (Å²) in [5.74, 6) is 0.891. The molecule has 3 aromatic rings. The van der Waals surface area contributed by atoms with E-state index in [-0.39, 0.29) is 5.75 Å². The zero-order chi connectivity index (χ0) is 14.3. The molecule has 0 unspecified atom stereocenters. The topological polar surface area (TPSA) is 38.0 Å². The number of imidazole rings is 1. The van der Waals surface area contributed by atoms with Crippen molar-refractivity contribution in [3.63, 3.8) is 0 Å². The van der Waals surface area contributed by atoms with E-state index in [1.54, 1.807) is 18.2 Å². The van der Waals surface area contributed by atoms with Gasteiger partial charge in [-0.2, -0.15) is 0 Å². The van der Waals surface area contributed by atoms with Gasteiger partial charge < -0.3 is 9.67 Å². The summed E-state index contributed by atoms with van der Waals surface area (Å²) in [4.78, 5) is 4.61. The van der Waals surface area contributed by atoms with E-state index in [2.05, 4.69) is 4.98 Å². The molecule has 2 aromatic carbocycles. The lowest BCUT2D eigenvalue weighted by Crippen LogP contribution is -1.97. The summed E-state index contributed by atoms with van der Waals surface area (Å²) >= 11 is 12.3. The zero-order valence-electron chi connectivity index (χ0n) is 10.8. The number of fused-ring (bicyclic) bond motifs is 1. The smallest absolute Gasteiger partial charge is 0.142 e. The molecule has 0 saturated carbocycles. The van der Waals surface area contributed by atoms with Crippen LogP contribution < -0.4 is 0 Å². The zero-order valence-corrected chi connectivity index (χ0v) is 12.3. The van der Waals surface area contributed by atoms with Gasteiger partial charge in [0.15, 0.2) is 0 Å². The number of nitrogens with zero attached hydrogens (tertiary/aromatic N) is 2. The number of hydrogen-bond acceptors (Lipinski definition) is 2. The standard InChI is InChI=1S/C15H12Cl2N2O/c1-2-19-14-7-9(16)3-6-13(14)18-15(19)11-8-10(20)4-5-12(11)17/h3-8,20H,2H2,1H3. The summed E-state index contributed by atoms with van der Waals surface area (Å²) in [5.41, 5.74) is 2.51. The highest BCUT2D eigenvalue weighted by atomic mass is 35.5. The van der Waals surface area contributed by atoms with Crippen LogP contribution in [0.3, 0.4) is 0 Å². The number of aryl methyl sites for hydroxylation is 1. The first-order valence-corrected chi connectivity index (χ1v) is 7.00. The fourth-order valence-corrected chi connectivity index (χ4v) is 2.67. The van der Waals surface area contributed by atoms with Gasteiger partial charge in [-0.1, -0.05) is 23.2 Å². The third-order valence-electron chi connectivity index (χ3n) is 3.22. The van der Waals surface area contributed by atoms with Crippen molar-refractivity contribution in [3.05, 3.63) is 46.4 Å². The number of phenols is 1. The predicted octanol–water partition coefficient (Wildman–Crippen LogP) is 4.74. The molecule has 20 heavy (non-hydrogen) atoms. The normalized spacial score (nSPS) is 11.2. The lowest BCUT2D eigenvalue weighted by Gasteiger charge is -2.08. The molecule has 0 aliphatic carbocycles. The third kappa shape index (κ3) is 2.13. The van der Waals surface area contributed by atoms with E-state index in [4.69, 9.17) is 23.2 Å². The van der Waals surface area contributed by atoms with E-state index >= 15 is 0 Å². The Morgan fingerprint density at radius 1 is 1.15 bits per heavy atom. The molecule has 3 nitrogen and oxygen atoms in total. The Balaban J connectivity index is 2.33. The van der Waals surface area contributed by atoms with E-state index in [1.165, 1.54) is 0 Å². The van der Waals surface area contributed by atoms with Crippen molar-refractivity contribution >= 4 is 34.2 Å². The number of hydrogen-bond donors (Lipinski definition) is 1. The van der Waals surface area contributed by atoms with Crippen molar-refractivity contribution in [2.24, 2.45) is 0 Å². The van der Waals surface area contributed by atoms with Crippen molar-refractivity contribution in [1.82, 2.24) is 9.55 Å². The molecule has 5 heteroatoms. The summed E-state index contributed by atoms with van der Waals surface area (Å²) in [6, 6.07) is 10.4. The quantitative estimate of drug-likeness (QED) is 0.743. The fraction of sp³-hybridized carbons (Fsp3) is 0.133. The maximum Gasteiger partial charge on any atom is 0.142 e. The van der Waals surface area contributed by atoms with Crippen LogP contribution >= 0.6 is 23.2 Å². The van der Waals surface area contributed by atoms with E-state index < -0.39 is 0 Å². The van der Waals surface area contributed by atoms with Crippen LogP contribution in [0.25, 0.3) is 22.4 Å². The number of phenolic OH excluding ortho intramolecular Hbond substituents is 1. The Kier molecular flexibility index (Phi) is 3.32. The van der Waals surface area contributed by atoms with Gasteiger partial charge in [0.05, 0.1) is 16.1 Å². The molecule has 1 heterocycles. The van der Waals surface area contributed by atoms with Crippen LogP contribution in [0, 0.1) is 0 Å². The Morgan fingerprint density at radius 3 is 2.70 bits per heavy atom. The van der Waals surface area contributed by atoms with Gasteiger partial charge in [-0.3, -0.25) is 0 Å². The largest absolute Gasteiger partial charge is 0.508 e. The van der Waals surface area contributed by atoms with E-state index in [1.807, 2.05) is 29.7 Å². The number of halogens is 2. The Labute approximate surface area is 126 Å². The maximum absolute atomic E-state index is 9.66. The monoisotopic (exact) mass is 306 g/mol. The molecule has 0 atom stereocenters. The highest BCUT2D eigenvalue weighted by Crippen LogP contribution is 2.33. The van der Waals surface area contributed by atoms with Crippen molar-refractivity contribution in [3.8, 4) is 17.1 Å². The molecule has 0 radical (unpaired) electrons. The van der Waals surface area contributed by atoms with Gasteiger partial charge in [0.25, 0.3) is 0 Å². The molecule has 3 rings (SSSR count). The van der Waals surface area contributed by atoms with Crippen LogP contribution in [0.5, 0.6) is 5.75 Å². The first kappa shape index (κ1) is 13.3. The molecule has 1 N–H and O–H groups in total. The third-order valence-corrected chi connectivity index (χ3v) is 3.78. The lowest BCUT2D eigenvalue weighted by atomic mass is 10.2. The number of aromatic nitrogens is 2. The van der Waals surface area contributed by atoms with Crippen LogP contribution in [0.4, 0.5) is 0 Å². The summed E-state index contributed by atoms with van der Waals surface area (Å²) in [7, 11) is 0. The van der Waals surface area contributed by atoms with Crippen molar-refractivity contribution in [2.75, 3.05) is 0 Å². The minimum atomic E-state index is 0.164. The first-order valence-electron chi connectivity index (χ1n) is 6.25. The Morgan fingerprint density at radius 2 is 1.95 bits per heavy atom. The van der Waals surface area contributed by atoms with Gasteiger partial charge in [0, 0.05) is 17.1 Å². The van der Waals surface area contributed by atoms with Gasteiger partial charge in [-0.05, 0) is 43.3 Å². The molecule has 0 spiro atoms. The Hall–Kier alpha value is -1.71. The molecule has 0 bridgehead atoms. The highest BCUT2D eigenvalue weighted by molar-refractivity contribution is 6.33. The summed E-state index contributed by atoms with van der Waals surface area (Å²) < 4.78 is 2.03. The van der Waals surface area contributed by atoms with Crippen molar-refractivity contribution in [1.29, 1.82) is 0 Å². The summed E-state index contributed by atoms with van der Waals surface area (Å²) in [6.07, 6.45) is 0. The van der Waals surface area contributed by atoms with Crippen LogP contribution in [0.1, 0.15) is 6.92 Å². The number of rotatable bonds is 2. The molecule has 0 fully saturated rings. The molecular weight excluding hydrogens is 295 g/mol. The van der Waals surface area contributed by atoms with Gasteiger partial charge in [0.2, 0.25) is 0 Å². The molecule has 102 valence electrons. The molecule has 0 saturated heterocycles. The van der Waals surface area contributed by atoms with E-state index in [9.17, 15) is 5.11 Å². The number of aromatic hydroxyl groups is 1. The second-order valence-corrected chi connectivity index (χ2v) is 5.32. The summed E-state index contributed by atoms with van der Waals surface area (Å²) in [5, 5.41) is 10.9. The molecular formula is C15H12Cl2N2O. The van der Waals surface area contributed by atoms with E-state index in [0.29, 0.717) is 15.6 Å². The molecule has 1 aromatic heterocycles. The lowest BCUT2D eigenvalue weighted by molar-refractivity contribution is 0.475. The van der Waals surface area contributed by atoms with Gasteiger partial charge in [-0.25, -0.2) is 4.98 Å². The second-order valence-electron chi connectivity index (χ2n) is 4.48. The SMILES string of the molecule is CCn1c(-c2cc(O)ccc2Cl)nc2ccc(Cl)cc21. The fourth-order valence-electron chi connectivity index (χ4n) is 2.31. The van der Waals surface area contributed by atoms with Crippen LogP contribution in [0.15, 0.2) is 36.4 Å². The highest BCUT2D eigenvalue weighted by Gasteiger charge is 2.15. The Bertz CT molecular complexity index is 796. The average Bonchev–Trinajstić information content (AvgIpc) is 2.79. The molecule has 0 aliphatic heterocycles. The van der Waals surface area contributed by atoms with E-state index in [0.717, 1.165) is 23.4 Å². The van der Waals surface area contributed by atoms with Crippen LogP contribution in [-0.4, -0.2) is 14.7 Å². The maximum atomic E-state index is 9.66. The van der Waals surface area contributed by atoms with Gasteiger partial charge >= 0.3 is 0 Å². The van der Waals surface area contributed by atoms with Crippen molar-refractivity contribution in [2.45, 2.75) is 13.5 Å². The molecule has 0 aliphatic rings. The first-order chi connectivity index (χ1) is 9.60. The molecule has 0 amide bonds.